The van der Waals surface area contributed by atoms with Crippen LogP contribution in [0.1, 0.15) is 0 Å². The van der Waals surface area contributed by atoms with E-state index in [0.29, 0.717) is 5.71 Å². The number of benzene rings is 6. The number of fused-ring (bicyclic) bond motifs is 7. The third-order valence-electron chi connectivity index (χ3n) is 8.41. The highest BCUT2D eigenvalue weighted by molar-refractivity contribution is 6.10. The van der Waals surface area contributed by atoms with Gasteiger partial charge in [-0.15, -0.1) is 0 Å². The minimum Gasteiger partial charge on any atom is -0.438 e. The summed E-state index contributed by atoms with van der Waals surface area (Å²) in [6.45, 7) is 0. The Hall–Kier alpha value is -5.87. The maximum Gasteiger partial charge on any atom is 0.227 e. The van der Waals surface area contributed by atoms with Crippen LogP contribution in [0.15, 0.2) is 156 Å². The van der Waals surface area contributed by atoms with Crippen molar-refractivity contribution in [1.82, 2.24) is 9.55 Å². The first kappa shape index (κ1) is 23.8. The number of anilines is 3. The van der Waals surface area contributed by atoms with Gasteiger partial charge in [0.15, 0.2) is 0 Å². The third kappa shape index (κ3) is 3.67. The number of furan rings is 1. The number of para-hydroxylation sites is 3. The second-order valence-corrected chi connectivity index (χ2v) is 10.9. The van der Waals surface area contributed by atoms with Crippen molar-refractivity contribution in [2.45, 2.75) is 0 Å². The molecule has 0 amide bonds. The molecule has 4 nitrogen and oxygen atoms in total. The summed E-state index contributed by atoms with van der Waals surface area (Å²) in [5.74, 6) is 0. The molecular formula is C39H25N3O. The molecule has 0 aliphatic rings. The van der Waals surface area contributed by atoms with Crippen molar-refractivity contribution in [3.63, 3.8) is 0 Å². The Morgan fingerprint density at radius 3 is 1.98 bits per heavy atom. The highest BCUT2D eigenvalue weighted by Crippen LogP contribution is 2.43. The van der Waals surface area contributed by atoms with Crippen molar-refractivity contribution >= 4 is 71.7 Å². The first-order valence-corrected chi connectivity index (χ1v) is 14.5. The zero-order chi connectivity index (χ0) is 28.3. The number of hydrogen-bond acceptors (Lipinski definition) is 3. The molecule has 0 N–H and O–H groups in total. The maximum atomic E-state index is 6.09. The zero-order valence-electron chi connectivity index (χ0n) is 23.2. The summed E-state index contributed by atoms with van der Waals surface area (Å²) in [4.78, 5) is 6.81. The van der Waals surface area contributed by atoms with E-state index in [-0.39, 0.29) is 0 Å². The van der Waals surface area contributed by atoms with Gasteiger partial charge in [-0.25, -0.2) is 4.98 Å². The van der Waals surface area contributed by atoms with E-state index in [2.05, 4.69) is 154 Å². The number of rotatable bonds is 4. The summed E-state index contributed by atoms with van der Waals surface area (Å²) >= 11 is 0. The largest absolute Gasteiger partial charge is 0.438 e. The van der Waals surface area contributed by atoms with Crippen molar-refractivity contribution < 1.29 is 4.42 Å². The van der Waals surface area contributed by atoms with E-state index in [1.165, 1.54) is 32.6 Å². The molecule has 0 atom stereocenters. The smallest absolute Gasteiger partial charge is 0.227 e. The van der Waals surface area contributed by atoms with Gasteiger partial charge in [0.25, 0.3) is 0 Å². The highest BCUT2D eigenvalue weighted by Gasteiger charge is 2.20. The van der Waals surface area contributed by atoms with E-state index in [1.807, 2.05) is 6.07 Å². The van der Waals surface area contributed by atoms with Crippen LogP contribution in [0.4, 0.5) is 17.1 Å². The van der Waals surface area contributed by atoms with Crippen molar-refractivity contribution in [3.05, 3.63) is 152 Å². The molecule has 0 aliphatic carbocycles. The molecule has 202 valence electrons. The summed E-state index contributed by atoms with van der Waals surface area (Å²) in [6, 6.07) is 51.7. The fourth-order valence-corrected chi connectivity index (χ4v) is 6.53. The van der Waals surface area contributed by atoms with Crippen LogP contribution in [-0.4, -0.2) is 9.55 Å². The van der Waals surface area contributed by atoms with Crippen LogP contribution >= 0.6 is 0 Å². The van der Waals surface area contributed by atoms with Crippen LogP contribution in [0.3, 0.4) is 0 Å². The molecule has 6 aromatic carbocycles. The Kier molecular flexibility index (Phi) is 5.16. The van der Waals surface area contributed by atoms with E-state index in [4.69, 9.17) is 4.42 Å². The van der Waals surface area contributed by atoms with Gasteiger partial charge in [0.05, 0.1) is 16.7 Å². The van der Waals surface area contributed by atoms with Crippen LogP contribution in [0.5, 0.6) is 0 Å². The van der Waals surface area contributed by atoms with Gasteiger partial charge in [0.2, 0.25) is 5.71 Å². The Labute approximate surface area is 247 Å². The minimum absolute atomic E-state index is 0.653. The molecule has 3 aromatic heterocycles. The van der Waals surface area contributed by atoms with Gasteiger partial charge in [-0.2, -0.15) is 0 Å². The second kappa shape index (κ2) is 9.33. The first-order valence-electron chi connectivity index (χ1n) is 14.5. The SMILES string of the molecule is c1ccc(N(c2ccc3oc4ncccc4c3c2)c2cc(-n3c4ccccc4c4ccccc43)cc3ccccc23)cc1. The molecule has 0 saturated carbocycles. The fraction of sp³-hybridized carbons (Fsp3) is 0. The van der Waals surface area contributed by atoms with E-state index in [1.54, 1.807) is 6.20 Å². The third-order valence-corrected chi connectivity index (χ3v) is 8.41. The number of pyridine rings is 1. The molecule has 0 unspecified atom stereocenters. The number of hydrogen-bond donors (Lipinski definition) is 0. The van der Waals surface area contributed by atoms with Gasteiger partial charge >= 0.3 is 0 Å². The molecule has 0 saturated heterocycles. The van der Waals surface area contributed by atoms with Gasteiger partial charge in [-0.1, -0.05) is 78.9 Å². The predicted molar refractivity (Wildman–Crippen MR) is 178 cm³/mol. The van der Waals surface area contributed by atoms with Crippen molar-refractivity contribution in [1.29, 1.82) is 0 Å². The fourth-order valence-electron chi connectivity index (χ4n) is 6.53. The average Bonchev–Trinajstić information content (AvgIpc) is 3.61. The summed E-state index contributed by atoms with van der Waals surface area (Å²) in [5.41, 5.74) is 8.21. The molecule has 43 heavy (non-hydrogen) atoms. The maximum absolute atomic E-state index is 6.09. The lowest BCUT2D eigenvalue weighted by atomic mass is 10.0. The Balaban J connectivity index is 1.36. The van der Waals surface area contributed by atoms with E-state index in [0.717, 1.165) is 39.1 Å². The lowest BCUT2D eigenvalue weighted by Gasteiger charge is -2.28. The molecule has 9 rings (SSSR count). The summed E-state index contributed by atoms with van der Waals surface area (Å²) in [6.07, 6.45) is 1.77. The molecule has 0 radical (unpaired) electrons. The molecule has 4 heteroatoms. The quantitative estimate of drug-likeness (QED) is 0.218. The van der Waals surface area contributed by atoms with E-state index in [9.17, 15) is 0 Å². The molecule has 0 spiro atoms. The summed E-state index contributed by atoms with van der Waals surface area (Å²) in [7, 11) is 0. The number of nitrogens with zero attached hydrogens (tertiary/aromatic N) is 3. The van der Waals surface area contributed by atoms with Crippen LogP contribution in [-0.2, 0) is 0 Å². The molecule has 3 heterocycles. The lowest BCUT2D eigenvalue weighted by molar-refractivity contribution is 0.654. The molecular weight excluding hydrogens is 526 g/mol. The monoisotopic (exact) mass is 551 g/mol. The molecule has 0 bridgehead atoms. The predicted octanol–water partition coefficient (Wildman–Crippen LogP) is 10.7. The molecule has 0 aliphatic heterocycles. The van der Waals surface area contributed by atoms with E-state index < -0.39 is 0 Å². The van der Waals surface area contributed by atoms with Crippen LogP contribution in [0.2, 0.25) is 0 Å². The normalized spacial score (nSPS) is 11.7. The van der Waals surface area contributed by atoms with Crippen LogP contribution < -0.4 is 4.90 Å². The van der Waals surface area contributed by atoms with Crippen LogP contribution in [0.25, 0.3) is 60.3 Å². The standard InChI is InChI=1S/C39H25N3O/c1-2-12-27(13-3-1)41(28-20-21-38-34(24-28)33-17-10-22-40-39(33)43-38)37-25-29(23-26-11-4-5-14-30(26)37)42-35-18-8-6-15-31(35)32-16-7-9-19-36(32)42/h1-25H. The Morgan fingerprint density at radius 1 is 0.512 bits per heavy atom. The van der Waals surface area contributed by atoms with Gasteiger partial charge in [-0.3, -0.25) is 0 Å². The Morgan fingerprint density at radius 2 is 1.19 bits per heavy atom. The average molecular weight is 552 g/mol. The van der Waals surface area contributed by atoms with Gasteiger partial charge in [0, 0.05) is 50.2 Å². The van der Waals surface area contributed by atoms with Gasteiger partial charge in [-0.05, 0) is 72.1 Å². The zero-order valence-corrected chi connectivity index (χ0v) is 23.2. The summed E-state index contributed by atoms with van der Waals surface area (Å²) < 4.78 is 8.48. The van der Waals surface area contributed by atoms with E-state index >= 15 is 0 Å². The van der Waals surface area contributed by atoms with Crippen LogP contribution in [0, 0.1) is 0 Å². The van der Waals surface area contributed by atoms with Crippen molar-refractivity contribution in [2.75, 3.05) is 4.90 Å². The van der Waals surface area contributed by atoms with Crippen molar-refractivity contribution in [3.8, 4) is 5.69 Å². The van der Waals surface area contributed by atoms with Crippen molar-refractivity contribution in [2.24, 2.45) is 0 Å². The first-order chi connectivity index (χ1) is 21.3. The topological polar surface area (TPSA) is 34.2 Å². The van der Waals surface area contributed by atoms with Gasteiger partial charge in [0.1, 0.15) is 5.58 Å². The molecule has 9 aromatic rings. The van der Waals surface area contributed by atoms with Gasteiger partial charge < -0.3 is 13.9 Å². The second-order valence-electron chi connectivity index (χ2n) is 10.9. The Bertz CT molecular complexity index is 2420. The highest BCUT2D eigenvalue weighted by atomic mass is 16.3. The minimum atomic E-state index is 0.653. The number of aromatic nitrogens is 2. The summed E-state index contributed by atoms with van der Waals surface area (Å²) in [5, 5.41) is 6.91. The lowest BCUT2D eigenvalue weighted by Crippen LogP contribution is -2.11. The molecule has 0 fully saturated rings.